The van der Waals surface area contributed by atoms with Crippen molar-refractivity contribution in [2.75, 3.05) is 45.9 Å². The zero-order valence-corrected chi connectivity index (χ0v) is 16.4. The molecule has 1 amide bonds. The topological polar surface area (TPSA) is 71.4 Å². The summed E-state index contributed by atoms with van der Waals surface area (Å²) in [4.78, 5) is 15.0. The van der Waals surface area contributed by atoms with Gasteiger partial charge in [0.25, 0.3) is 5.91 Å². The third-order valence-electron chi connectivity index (χ3n) is 5.30. The van der Waals surface area contributed by atoms with Gasteiger partial charge >= 0.3 is 0 Å². The second-order valence-corrected chi connectivity index (χ2v) is 7.85. The summed E-state index contributed by atoms with van der Waals surface area (Å²) in [5, 5.41) is 11.2. The van der Waals surface area contributed by atoms with Crippen molar-refractivity contribution < 1.29 is 9.53 Å². The molecule has 1 fully saturated rings. The van der Waals surface area contributed by atoms with Gasteiger partial charge in [-0.05, 0) is 31.7 Å². The predicted molar refractivity (Wildman–Crippen MR) is 101 cm³/mol. The zero-order chi connectivity index (χ0) is 18.5. The smallest absolute Gasteiger partial charge is 0.272 e. The second kappa shape index (κ2) is 8.97. The first-order chi connectivity index (χ1) is 12.5. The molecule has 7 nitrogen and oxygen atoms in total. The van der Waals surface area contributed by atoms with Gasteiger partial charge in [-0.3, -0.25) is 14.4 Å². The Bertz CT molecular complexity index is 607. The number of nitrogens with zero attached hydrogens (tertiary/aromatic N) is 3. The highest BCUT2D eigenvalue weighted by Crippen LogP contribution is 2.24. The first-order valence-electron chi connectivity index (χ1n) is 9.91. The lowest BCUT2D eigenvalue weighted by atomic mass is 9.91. The molecule has 0 spiro atoms. The van der Waals surface area contributed by atoms with Crippen LogP contribution >= 0.6 is 0 Å². The second-order valence-electron chi connectivity index (χ2n) is 7.85. The van der Waals surface area contributed by atoms with Gasteiger partial charge in [-0.15, -0.1) is 0 Å². The van der Waals surface area contributed by atoms with E-state index < -0.39 is 0 Å². The summed E-state index contributed by atoms with van der Waals surface area (Å²) < 4.78 is 7.25. The molecule has 0 aromatic carbocycles. The molecule has 1 aliphatic carbocycles. The van der Waals surface area contributed by atoms with Crippen LogP contribution in [0.5, 0.6) is 0 Å². The fourth-order valence-corrected chi connectivity index (χ4v) is 3.78. The minimum Gasteiger partial charge on any atom is -0.379 e. The van der Waals surface area contributed by atoms with E-state index in [1.54, 1.807) is 0 Å². The number of ether oxygens (including phenoxy) is 1. The van der Waals surface area contributed by atoms with Gasteiger partial charge < -0.3 is 15.4 Å². The lowest BCUT2D eigenvalue weighted by Gasteiger charge is -2.26. The highest BCUT2D eigenvalue weighted by Gasteiger charge is 2.28. The number of carbonyl (C=O) groups excluding carboxylic acids is 1. The van der Waals surface area contributed by atoms with Crippen LogP contribution in [0, 0.1) is 5.92 Å². The lowest BCUT2D eigenvalue weighted by Crippen LogP contribution is -2.41. The molecule has 1 aromatic rings. The quantitative estimate of drug-likeness (QED) is 0.742. The molecule has 0 radical (unpaired) electrons. The first kappa shape index (κ1) is 19.3. The van der Waals surface area contributed by atoms with E-state index >= 15 is 0 Å². The summed E-state index contributed by atoms with van der Waals surface area (Å²) in [5.41, 5.74) is 2.95. The molecule has 0 saturated carbocycles. The third kappa shape index (κ3) is 4.84. The standard InChI is InChI=1S/C19H33N5O2/c1-14(2)13-21-15-4-5-17-16(12-15)18(22-23(17)3)19(25)20-6-7-24-8-10-26-11-9-24/h14-15,21H,4-13H2,1-3H3,(H,20,25)/t15-/m1/s1. The van der Waals surface area contributed by atoms with Crippen molar-refractivity contribution in [2.24, 2.45) is 13.0 Å². The molecule has 7 heteroatoms. The minimum atomic E-state index is -0.0420. The fraction of sp³-hybridized carbons (Fsp3) is 0.789. The Labute approximate surface area is 156 Å². The Balaban J connectivity index is 1.57. The van der Waals surface area contributed by atoms with Crippen molar-refractivity contribution in [1.82, 2.24) is 25.3 Å². The maximum absolute atomic E-state index is 12.7. The number of hydrogen-bond acceptors (Lipinski definition) is 5. The van der Waals surface area contributed by atoms with Gasteiger partial charge in [0, 0.05) is 50.5 Å². The molecule has 1 aromatic heterocycles. The van der Waals surface area contributed by atoms with E-state index in [1.807, 2.05) is 11.7 Å². The third-order valence-corrected chi connectivity index (χ3v) is 5.30. The Morgan fingerprint density at radius 3 is 2.85 bits per heavy atom. The summed E-state index contributed by atoms with van der Waals surface area (Å²) in [5.74, 6) is 0.591. The molecule has 3 rings (SSSR count). The summed E-state index contributed by atoms with van der Waals surface area (Å²) in [6, 6.07) is 0.439. The van der Waals surface area contributed by atoms with Crippen LogP contribution in [-0.4, -0.2) is 72.6 Å². The molecule has 26 heavy (non-hydrogen) atoms. The largest absolute Gasteiger partial charge is 0.379 e. The molecule has 2 heterocycles. The number of nitrogens with one attached hydrogen (secondary N) is 2. The highest BCUT2D eigenvalue weighted by atomic mass is 16.5. The molecule has 2 N–H and O–H groups in total. The van der Waals surface area contributed by atoms with Crippen molar-refractivity contribution >= 4 is 5.91 Å². The van der Waals surface area contributed by atoms with Crippen LogP contribution in [0.15, 0.2) is 0 Å². The molecule has 1 atom stereocenters. The first-order valence-corrected chi connectivity index (χ1v) is 9.91. The van der Waals surface area contributed by atoms with E-state index in [1.165, 1.54) is 5.69 Å². The Kier molecular flexibility index (Phi) is 6.67. The molecule has 1 saturated heterocycles. The molecule has 1 aliphatic heterocycles. The van der Waals surface area contributed by atoms with Crippen LogP contribution in [0.25, 0.3) is 0 Å². The van der Waals surface area contributed by atoms with Crippen molar-refractivity contribution in [3.8, 4) is 0 Å². The average molecular weight is 364 g/mol. The summed E-state index contributed by atoms with van der Waals surface area (Å²) in [6.07, 6.45) is 2.98. The van der Waals surface area contributed by atoms with E-state index in [9.17, 15) is 4.79 Å². The Hall–Kier alpha value is -1.44. The van der Waals surface area contributed by atoms with E-state index in [-0.39, 0.29) is 5.91 Å². The maximum Gasteiger partial charge on any atom is 0.272 e. The minimum absolute atomic E-state index is 0.0420. The van der Waals surface area contributed by atoms with Gasteiger partial charge in [0.15, 0.2) is 5.69 Å². The van der Waals surface area contributed by atoms with Gasteiger partial charge in [-0.1, -0.05) is 13.8 Å². The highest BCUT2D eigenvalue weighted by molar-refractivity contribution is 5.94. The van der Waals surface area contributed by atoms with Gasteiger partial charge in [0.05, 0.1) is 13.2 Å². The molecule has 0 bridgehead atoms. The van der Waals surface area contributed by atoms with Crippen LogP contribution in [0.4, 0.5) is 0 Å². The van der Waals surface area contributed by atoms with Gasteiger partial charge in [0.2, 0.25) is 0 Å². The summed E-state index contributed by atoms with van der Waals surface area (Å²) in [7, 11) is 1.95. The summed E-state index contributed by atoms with van der Waals surface area (Å²) >= 11 is 0. The number of rotatable bonds is 7. The van der Waals surface area contributed by atoms with E-state index in [0.717, 1.165) is 64.2 Å². The number of aromatic nitrogens is 2. The van der Waals surface area contributed by atoms with E-state index in [0.29, 0.717) is 24.2 Å². The van der Waals surface area contributed by atoms with Gasteiger partial charge in [0.1, 0.15) is 0 Å². The number of morpholine rings is 1. The normalized spacial score (nSPS) is 21.0. The van der Waals surface area contributed by atoms with E-state index in [4.69, 9.17) is 4.74 Å². The van der Waals surface area contributed by atoms with Crippen LogP contribution in [0.3, 0.4) is 0 Å². The van der Waals surface area contributed by atoms with Crippen molar-refractivity contribution in [2.45, 2.75) is 39.2 Å². The van der Waals surface area contributed by atoms with Crippen LogP contribution in [0.1, 0.15) is 42.0 Å². The predicted octanol–water partition coefficient (Wildman–Crippen LogP) is 0.585. The number of fused-ring (bicyclic) bond motifs is 1. The van der Waals surface area contributed by atoms with Crippen molar-refractivity contribution in [3.05, 3.63) is 17.0 Å². The van der Waals surface area contributed by atoms with Gasteiger partial charge in [-0.25, -0.2) is 0 Å². The number of hydrogen-bond donors (Lipinski definition) is 2. The Morgan fingerprint density at radius 2 is 2.12 bits per heavy atom. The molecule has 146 valence electrons. The molecule has 0 unspecified atom stereocenters. The summed E-state index contributed by atoms with van der Waals surface area (Å²) in [6.45, 7) is 10.4. The fourth-order valence-electron chi connectivity index (χ4n) is 3.78. The zero-order valence-electron chi connectivity index (χ0n) is 16.4. The van der Waals surface area contributed by atoms with Crippen molar-refractivity contribution in [3.63, 3.8) is 0 Å². The monoisotopic (exact) mass is 363 g/mol. The average Bonchev–Trinajstić information content (AvgIpc) is 2.97. The molecular formula is C19H33N5O2. The molecule has 2 aliphatic rings. The van der Waals surface area contributed by atoms with E-state index in [2.05, 4.69) is 34.5 Å². The number of carbonyl (C=O) groups is 1. The van der Waals surface area contributed by atoms with Crippen LogP contribution in [-0.2, 0) is 24.6 Å². The maximum atomic E-state index is 12.7. The molecular weight excluding hydrogens is 330 g/mol. The Morgan fingerprint density at radius 1 is 1.35 bits per heavy atom. The van der Waals surface area contributed by atoms with Gasteiger partial charge in [-0.2, -0.15) is 5.10 Å². The van der Waals surface area contributed by atoms with Crippen LogP contribution in [0.2, 0.25) is 0 Å². The van der Waals surface area contributed by atoms with Crippen molar-refractivity contribution in [1.29, 1.82) is 0 Å². The van der Waals surface area contributed by atoms with Crippen LogP contribution < -0.4 is 10.6 Å². The number of amides is 1. The SMILES string of the molecule is CC(C)CN[C@@H]1CCc2c(c(C(=O)NCCN3CCOCC3)nn2C)C1. The number of aryl methyl sites for hydroxylation is 1. The lowest BCUT2D eigenvalue weighted by molar-refractivity contribution is 0.0383.